The van der Waals surface area contributed by atoms with Crippen molar-refractivity contribution in [2.24, 2.45) is 0 Å². The van der Waals surface area contributed by atoms with Gasteiger partial charge in [0.2, 0.25) is 5.95 Å². The molecule has 36 heavy (non-hydrogen) atoms. The summed E-state index contributed by atoms with van der Waals surface area (Å²) < 4.78 is 11.9. The van der Waals surface area contributed by atoms with E-state index in [9.17, 15) is 4.79 Å². The van der Waals surface area contributed by atoms with Gasteiger partial charge in [-0.3, -0.25) is 4.79 Å². The second-order valence-electron chi connectivity index (χ2n) is 10.3. The molecule has 6 heterocycles. The minimum atomic E-state index is -0.116. The predicted octanol–water partition coefficient (Wildman–Crippen LogP) is 2.79. The Labute approximate surface area is 209 Å². The molecule has 4 bridgehead atoms. The average Bonchev–Trinajstić information content (AvgIpc) is 3.39. The van der Waals surface area contributed by atoms with E-state index in [1.807, 2.05) is 30.3 Å². The number of anilines is 2. The molecule has 4 aliphatic heterocycles. The summed E-state index contributed by atoms with van der Waals surface area (Å²) in [5.41, 5.74) is 2.96. The molecule has 4 unspecified atom stereocenters. The predicted molar refractivity (Wildman–Crippen MR) is 136 cm³/mol. The van der Waals surface area contributed by atoms with Gasteiger partial charge in [-0.2, -0.15) is 9.97 Å². The maximum Gasteiger partial charge on any atom is 0.251 e. The molecule has 1 aromatic carbocycles. The molecule has 1 amide bonds. The van der Waals surface area contributed by atoms with E-state index in [1.54, 1.807) is 7.05 Å². The molecule has 0 saturated carbocycles. The third-order valence-electron chi connectivity index (χ3n) is 7.99. The highest BCUT2D eigenvalue weighted by Gasteiger charge is 2.40. The summed E-state index contributed by atoms with van der Waals surface area (Å²) in [6.45, 7) is 3.12. The van der Waals surface area contributed by atoms with Gasteiger partial charge in [0, 0.05) is 31.3 Å². The number of rotatable bonds is 4. The van der Waals surface area contributed by atoms with E-state index in [4.69, 9.17) is 24.4 Å². The summed E-state index contributed by atoms with van der Waals surface area (Å²) in [7, 11) is 1.64. The van der Waals surface area contributed by atoms with Gasteiger partial charge >= 0.3 is 0 Å². The lowest BCUT2D eigenvalue weighted by Crippen LogP contribution is -2.47. The lowest BCUT2D eigenvalue weighted by molar-refractivity contribution is 0.0303. The maximum absolute atomic E-state index is 12.2. The Morgan fingerprint density at radius 3 is 2.50 bits per heavy atom. The van der Waals surface area contributed by atoms with Gasteiger partial charge in [0.1, 0.15) is 5.82 Å². The number of benzene rings is 1. The third kappa shape index (κ3) is 3.69. The van der Waals surface area contributed by atoms with Gasteiger partial charge in [0.05, 0.1) is 48.6 Å². The van der Waals surface area contributed by atoms with Crippen molar-refractivity contribution in [3.63, 3.8) is 0 Å². The van der Waals surface area contributed by atoms with E-state index in [-0.39, 0.29) is 18.1 Å². The van der Waals surface area contributed by atoms with Crippen LogP contribution in [0.15, 0.2) is 36.4 Å². The number of nitrogens with one attached hydrogen (secondary N) is 1. The first kappa shape index (κ1) is 21.9. The van der Waals surface area contributed by atoms with Crippen LogP contribution in [0.2, 0.25) is 0 Å². The Hall–Kier alpha value is -3.30. The number of ether oxygens (including phenoxy) is 2. The summed E-state index contributed by atoms with van der Waals surface area (Å²) in [5.74, 6) is 1.57. The van der Waals surface area contributed by atoms with E-state index < -0.39 is 0 Å². The zero-order chi connectivity index (χ0) is 24.2. The molecule has 4 fully saturated rings. The van der Waals surface area contributed by atoms with Crippen molar-refractivity contribution in [2.75, 3.05) is 43.2 Å². The van der Waals surface area contributed by atoms with Crippen molar-refractivity contribution in [2.45, 2.75) is 50.0 Å². The molecule has 1 N–H and O–H groups in total. The highest BCUT2D eigenvalue weighted by Crippen LogP contribution is 2.37. The van der Waals surface area contributed by atoms with Crippen LogP contribution in [-0.4, -0.2) is 78.5 Å². The quantitative estimate of drug-likeness (QED) is 0.602. The van der Waals surface area contributed by atoms with E-state index in [0.717, 1.165) is 67.2 Å². The van der Waals surface area contributed by atoms with Crippen LogP contribution in [0.25, 0.3) is 22.3 Å². The van der Waals surface area contributed by atoms with Crippen LogP contribution in [0, 0.1) is 0 Å². The minimum absolute atomic E-state index is 0.116. The fraction of sp³-hybridized carbons (Fsp3) is 0.481. The Bertz CT molecular complexity index is 1300. The zero-order valence-electron chi connectivity index (χ0n) is 20.4. The van der Waals surface area contributed by atoms with Gasteiger partial charge in [0.25, 0.3) is 5.91 Å². The topological polar surface area (TPSA) is 92.7 Å². The summed E-state index contributed by atoms with van der Waals surface area (Å²) in [4.78, 5) is 32.1. The van der Waals surface area contributed by atoms with Gasteiger partial charge in [-0.15, -0.1) is 0 Å². The fourth-order valence-electron chi connectivity index (χ4n) is 6.21. The lowest BCUT2D eigenvalue weighted by Gasteiger charge is -2.37. The lowest BCUT2D eigenvalue weighted by atomic mass is 10.1. The van der Waals surface area contributed by atoms with E-state index >= 15 is 0 Å². The summed E-state index contributed by atoms with van der Waals surface area (Å²) in [6, 6.07) is 12.2. The molecule has 3 aromatic rings. The highest BCUT2D eigenvalue weighted by atomic mass is 16.5. The van der Waals surface area contributed by atoms with Crippen LogP contribution in [-0.2, 0) is 9.47 Å². The van der Waals surface area contributed by atoms with Gasteiger partial charge in [-0.05, 0) is 49.9 Å². The number of nitrogens with zero attached hydrogens (tertiary/aromatic N) is 5. The molecule has 7 rings (SSSR count). The third-order valence-corrected chi connectivity index (χ3v) is 7.99. The summed E-state index contributed by atoms with van der Waals surface area (Å²) >= 11 is 0. The van der Waals surface area contributed by atoms with Crippen LogP contribution < -0.4 is 15.1 Å². The smallest absolute Gasteiger partial charge is 0.251 e. The largest absolute Gasteiger partial charge is 0.377 e. The number of carbonyl (C=O) groups is 1. The monoisotopic (exact) mass is 486 g/mol. The Balaban J connectivity index is 1.34. The van der Waals surface area contributed by atoms with E-state index in [0.29, 0.717) is 36.5 Å². The molecule has 186 valence electrons. The molecule has 4 atom stereocenters. The van der Waals surface area contributed by atoms with Crippen molar-refractivity contribution in [3.05, 3.63) is 42.0 Å². The van der Waals surface area contributed by atoms with Gasteiger partial charge in [0.15, 0.2) is 5.65 Å². The maximum atomic E-state index is 12.2. The number of pyridine rings is 1. The first-order chi connectivity index (χ1) is 17.7. The Morgan fingerprint density at radius 1 is 0.972 bits per heavy atom. The van der Waals surface area contributed by atoms with Crippen LogP contribution in [0.5, 0.6) is 0 Å². The number of amides is 1. The van der Waals surface area contributed by atoms with Crippen LogP contribution >= 0.6 is 0 Å². The summed E-state index contributed by atoms with van der Waals surface area (Å²) in [6.07, 6.45) is 4.93. The molecular formula is C27H30N6O3. The van der Waals surface area contributed by atoms with Crippen molar-refractivity contribution in [1.82, 2.24) is 20.3 Å². The van der Waals surface area contributed by atoms with E-state index in [1.165, 1.54) is 0 Å². The van der Waals surface area contributed by atoms with Crippen molar-refractivity contribution in [3.8, 4) is 11.3 Å². The Kier molecular flexibility index (Phi) is 5.28. The zero-order valence-corrected chi connectivity index (χ0v) is 20.4. The molecule has 0 spiro atoms. The van der Waals surface area contributed by atoms with Gasteiger partial charge < -0.3 is 24.6 Å². The number of hydrogen-bond acceptors (Lipinski definition) is 8. The molecule has 4 aliphatic rings. The van der Waals surface area contributed by atoms with E-state index in [2.05, 4.69) is 21.2 Å². The highest BCUT2D eigenvalue weighted by molar-refractivity contribution is 5.95. The molecular weight excluding hydrogens is 456 g/mol. The number of hydrogen-bond donors (Lipinski definition) is 1. The number of carbonyl (C=O) groups excluding carboxylic acids is 1. The number of aromatic nitrogens is 3. The van der Waals surface area contributed by atoms with Crippen LogP contribution in [0.3, 0.4) is 0 Å². The molecule has 0 aliphatic carbocycles. The Morgan fingerprint density at radius 2 is 1.75 bits per heavy atom. The van der Waals surface area contributed by atoms with Crippen LogP contribution in [0.4, 0.5) is 11.8 Å². The molecule has 4 saturated heterocycles. The SMILES string of the molecule is CNC(=O)c1cccc(-c2ccc3c(N4CC5CCC(C4)O5)nc(N4C5CCC4COC5)nc3n2)c1. The second kappa shape index (κ2) is 8.67. The standard InChI is InChI=1S/C27H30N6O3/c1-28-26(34)17-4-2-3-16(11-17)23-10-9-22-24(29-23)30-27(33-18-5-6-19(33)15-35-14-18)31-25(22)32-12-20-7-8-21(13-32)36-20/h2-4,9-11,18-21H,5-8,12-15H2,1H3,(H,28,34). The van der Waals surface area contributed by atoms with Crippen molar-refractivity contribution in [1.29, 1.82) is 0 Å². The van der Waals surface area contributed by atoms with Crippen molar-refractivity contribution < 1.29 is 14.3 Å². The normalized spacial score (nSPS) is 27.0. The summed E-state index contributed by atoms with van der Waals surface area (Å²) in [5, 5.41) is 3.64. The minimum Gasteiger partial charge on any atom is -0.377 e. The number of fused-ring (bicyclic) bond motifs is 5. The fourth-order valence-corrected chi connectivity index (χ4v) is 6.21. The first-order valence-corrected chi connectivity index (χ1v) is 12.9. The van der Waals surface area contributed by atoms with Gasteiger partial charge in [-0.25, -0.2) is 4.98 Å². The molecule has 0 radical (unpaired) electrons. The van der Waals surface area contributed by atoms with Crippen LogP contribution in [0.1, 0.15) is 36.0 Å². The second-order valence-corrected chi connectivity index (χ2v) is 10.3. The average molecular weight is 487 g/mol. The molecule has 9 heteroatoms. The number of morpholine rings is 2. The molecule has 9 nitrogen and oxygen atoms in total. The first-order valence-electron chi connectivity index (χ1n) is 12.9. The van der Waals surface area contributed by atoms with Crippen molar-refractivity contribution >= 4 is 28.7 Å². The van der Waals surface area contributed by atoms with Gasteiger partial charge in [-0.1, -0.05) is 12.1 Å². The molecule has 2 aromatic heterocycles.